The molecule has 4 rings (SSSR count). The average molecular weight is 404 g/mol. The summed E-state index contributed by atoms with van der Waals surface area (Å²) in [5.41, 5.74) is 4.31. The predicted octanol–water partition coefficient (Wildman–Crippen LogP) is 5.32. The molecule has 0 saturated carbocycles. The SMILES string of the molecule is O=C(CNc1cccc2ccccc12)N/N=C\c1ccc(-c2ccc(Cl)cc2)o1. The van der Waals surface area contributed by atoms with Gasteiger partial charge in [-0.2, -0.15) is 5.10 Å². The van der Waals surface area contributed by atoms with Crippen molar-refractivity contribution in [3.05, 3.63) is 89.6 Å². The van der Waals surface area contributed by atoms with Crippen LogP contribution in [0.5, 0.6) is 0 Å². The largest absolute Gasteiger partial charge is 0.455 e. The topological polar surface area (TPSA) is 66.6 Å². The zero-order valence-corrected chi connectivity index (χ0v) is 16.2. The zero-order chi connectivity index (χ0) is 20.1. The van der Waals surface area contributed by atoms with Crippen LogP contribution in [-0.2, 0) is 4.79 Å². The number of nitrogens with zero attached hydrogens (tertiary/aromatic N) is 1. The van der Waals surface area contributed by atoms with Gasteiger partial charge in [-0.1, -0.05) is 48.0 Å². The molecule has 0 aliphatic heterocycles. The van der Waals surface area contributed by atoms with Gasteiger partial charge in [-0.3, -0.25) is 4.79 Å². The van der Waals surface area contributed by atoms with Gasteiger partial charge in [0.15, 0.2) is 0 Å². The molecular weight excluding hydrogens is 386 g/mol. The maximum atomic E-state index is 12.1. The molecule has 29 heavy (non-hydrogen) atoms. The Morgan fingerprint density at radius 2 is 1.76 bits per heavy atom. The Hall–Kier alpha value is -3.57. The van der Waals surface area contributed by atoms with Gasteiger partial charge in [-0.15, -0.1) is 0 Å². The summed E-state index contributed by atoms with van der Waals surface area (Å²) in [5, 5.41) is 9.95. The minimum Gasteiger partial charge on any atom is -0.455 e. The molecule has 3 aromatic carbocycles. The number of amides is 1. The summed E-state index contributed by atoms with van der Waals surface area (Å²) in [6.45, 7) is 0.111. The van der Waals surface area contributed by atoms with Gasteiger partial charge in [0.1, 0.15) is 11.5 Å². The molecule has 0 aliphatic carbocycles. The minimum absolute atomic E-state index is 0.111. The molecule has 0 saturated heterocycles. The van der Waals surface area contributed by atoms with Crippen molar-refractivity contribution in [2.45, 2.75) is 0 Å². The molecule has 5 nitrogen and oxygen atoms in total. The molecule has 2 N–H and O–H groups in total. The quantitative estimate of drug-likeness (QED) is 0.338. The number of hydrazone groups is 1. The lowest BCUT2D eigenvalue weighted by atomic mass is 10.1. The smallest absolute Gasteiger partial charge is 0.259 e. The van der Waals surface area contributed by atoms with Crippen LogP contribution in [-0.4, -0.2) is 18.7 Å². The molecular formula is C23H18ClN3O2. The van der Waals surface area contributed by atoms with Gasteiger partial charge in [0, 0.05) is 21.7 Å². The van der Waals surface area contributed by atoms with Gasteiger partial charge in [0.2, 0.25) is 0 Å². The lowest BCUT2D eigenvalue weighted by Gasteiger charge is -2.08. The minimum atomic E-state index is -0.251. The van der Waals surface area contributed by atoms with Crippen molar-refractivity contribution in [2.24, 2.45) is 5.10 Å². The van der Waals surface area contributed by atoms with E-state index in [4.69, 9.17) is 16.0 Å². The number of hydrogen-bond donors (Lipinski definition) is 2. The summed E-state index contributed by atoms with van der Waals surface area (Å²) in [6.07, 6.45) is 1.47. The van der Waals surface area contributed by atoms with Crippen molar-refractivity contribution in [1.82, 2.24) is 5.43 Å². The molecule has 4 aromatic rings. The fraction of sp³-hybridized carbons (Fsp3) is 0.0435. The Bertz CT molecular complexity index is 1160. The van der Waals surface area contributed by atoms with Crippen LogP contribution in [0.3, 0.4) is 0 Å². The van der Waals surface area contributed by atoms with E-state index in [2.05, 4.69) is 15.8 Å². The normalized spacial score (nSPS) is 11.1. The van der Waals surface area contributed by atoms with Gasteiger partial charge in [-0.25, -0.2) is 5.43 Å². The summed E-state index contributed by atoms with van der Waals surface area (Å²) in [6, 6.07) is 24.9. The monoisotopic (exact) mass is 403 g/mol. The number of nitrogens with one attached hydrogen (secondary N) is 2. The van der Waals surface area contributed by atoms with Gasteiger partial charge < -0.3 is 9.73 Å². The fourth-order valence-corrected chi connectivity index (χ4v) is 3.08. The van der Waals surface area contributed by atoms with Crippen LogP contribution in [0.1, 0.15) is 5.76 Å². The van der Waals surface area contributed by atoms with Crippen molar-refractivity contribution >= 4 is 40.2 Å². The number of carbonyl (C=O) groups is 1. The molecule has 0 fully saturated rings. The maximum absolute atomic E-state index is 12.1. The van der Waals surface area contributed by atoms with E-state index in [0.29, 0.717) is 16.5 Å². The van der Waals surface area contributed by atoms with Crippen LogP contribution in [0.4, 0.5) is 5.69 Å². The molecule has 0 bridgehead atoms. The summed E-state index contributed by atoms with van der Waals surface area (Å²) in [5.74, 6) is 0.989. The second-order valence-electron chi connectivity index (χ2n) is 6.38. The molecule has 0 atom stereocenters. The van der Waals surface area contributed by atoms with Crippen LogP contribution in [0.25, 0.3) is 22.1 Å². The molecule has 6 heteroatoms. The van der Waals surface area contributed by atoms with E-state index in [0.717, 1.165) is 22.0 Å². The Labute approximate surface area is 173 Å². The van der Waals surface area contributed by atoms with E-state index in [9.17, 15) is 4.79 Å². The lowest BCUT2D eigenvalue weighted by Crippen LogP contribution is -2.25. The van der Waals surface area contributed by atoms with Crippen LogP contribution < -0.4 is 10.7 Å². The molecule has 0 aliphatic rings. The second kappa shape index (κ2) is 8.63. The standard InChI is InChI=1S/C23H18ClN3O2/c24-18-10-8-17(9-11-18)22-13-12-19(29-22)14-26-27-23(28)15-25-21-7-3-5-16-4-1-2-6-20(16)21/h1-14,25H,15H2,(H,27,28)/b26-14-. The van der Waals surface area contributed by atoms with Crippen molar-refractivity contribution in [2.75, 3.05) is 11.9 Å². The third-order valence-corrected chi connectivity index (χ3v) is 4.62. The summed E-state index contributed by atoms with van der Waals surface area (Å²) in [7, 11) is 0. The zero-order valence-electron chi connectivity index (χ0n) is 15.4. The molecule has 0 radical (unpaired) electrons. The van der Waals surface area contributed by atoms with Gasteiger partial charge in [0.05, 0.1) is 12.8 Å². The van der Waals surface area contributed by atoms with E-state index in [1.54, 1.807) is 18.2 Å². The number of anilines is 1. The van der Waals surface area contributed by atoms with Crippen molar-refractivity contribution in [1.29, 1.82) is 0 Å². The van der Waals surface area contributed by atoms with Crippen molar-refractivity contribution in [3.8, 4) is 11.3 Å². The highest BCUT2D eigenvalue weighted by Crippen LogP contribution is 2.24. The predicted molar refractivity (Wildman–Crippen MR) is 117 cm³/mol. The van der Waals surface area contributed by atoms with Gasteiger partial charge in [0.25, 0.3) is 5.91 Å². The molecule has 0 spiro atoms. The number of rotatable bonds is 6. The third-order valence-electron chi connectivity index (χ3n) is 4.37. The lowest BCUT2D eigenvalue weighted by molar-refractivity contribution is -0.119. The number of furan rings is 1. The van der Waals surface area contributed by atoms with E-state index < -0.39 is 0 Å². The highest BCUT2D eigenvalue weighted by molar-refractivity contribution is 6.30. The first-order valence-electron chi connectivity index (χ1n) is 9.08. The first kappa shape index (κ1) is 18.8. The van der Waals surface area contributed by atoms with Crippen molar-refractivity contribution < 1.29 is 9.21 Å². The molecule has 0 unspecified atom stereocenters. The first-order chi connectivity index (χ1) is 14.2. The van der Waals surface area contributed by atoms with E-state index >= 15 is 0 Å². The number of hydrogen-bond acceptors (Lipinski definition) is 4. The van der Waals surface area contributed by atoms with Crippen LogP contribution in [0, 0.1) is 0 Å². The highest BCUT2D eigenvalue weighted by Gasteiger charge is 2.05. The fourth-order valence-electron chi connectivity index (χ4n) is 2.95. The maximum Gasteiger partial charge on any atom is 0.259 e. The Balaban J connectivity index is 1.32. The van der Waals surface area contributed by atoms with Crippen LogP contribution in [0.2, 0.25) is 5.02 Å². The summed E-state index contributed by atoms with van der Waals surface area (Å²) >= 11 is 5.90. The number of benzene rings is 3. The van der Waals surface area contributed by atoms with Crippen molar-refractivity contribution in [3.63, 3.8) is 0 Å². The van der Waals surface area contributed by atoms with E-state index in [-0.39, 0.29) is 12.5 Å². The van der Waals surface area contributed by atoms with Crippen LogP contribution in [0.15, 0.2) is 88.4 Å². The van der Waals surface area contributed by atoms with E-state index in [1.807, 2.05) is 60.7 Å². The second-order valence-corrected chi connectivity index (χ2v) is 6.82. The molecule has 144 valence electrons. The number of fused-ring (bicyclic) bond motifs is 1. The first-order valence-corrected chi connectivity index (χ1v) is 9.46. The third kappa shape index (κ3) is 4.65. The number of carbonyl (C=O) groups excluding carboxylic acids is 1. The molecule has 1 amide bonds. The Morgan fingerprint density at radius 1 is 0.966 bits per heavy atom. The number of halogens is 1. The van der Waals surface area contributed by atoms with Gasteiger partial charge in [-0.05, 0) is 47.9 Å². The molecule has 1 aromatic heterocycles. The Kier molecular flexibility index (Phi) is 5.59. The highest BCUT2D eigenvalue weighted by atomic mass is 35.5. The summed E-state index contributed by atoms with van der Waals surface area (Å²) in [4.78, 5) is 12.1. The average Bonchev–Trinajstić information content (AvgIpc) is 3.21. The summed E-state index contributed by atoms with van der Waals surface area (Å²) < 4.78 is 5.71. The van der Waals surface area contributed by atoms with E-state index in [1.165, 1.54) is 6.21 Å². The van der Waals surface area contributed by atoms with Crippen LogP contribution >= 0.6 is 11.6 Å². The Morgan fingerprint density at radius 3 is 2.62 bits per heavy atom. The van der Waals surface area contributed by atoms with Gasteiger partial charge >= 0.3 is 0 Å². The molecule has 1 heterocycles.